The summed E-state index contributed by atoms with van der Waals surface area (Å²) in [6.07, 6.45) is 4.50. The van der Waals surface area contributed by atoms with Crippen molar-refractivity contribution < 1.29 is 9.18 Å². The molecular weight excluding hydrogens is 403 g/mol. The van der Waals surface area contributed by atoms with E-state index >= 15 is 0 Å². The van der Waals surface area contributed by atoms with Gasteiger partial charge in [0, 0.05) is 43.4 Å². The lowest BCUT2D eigenvalue weighted by molar-refractivity contribution is -0.127. The van der Waals surface area contributed by atoms with Crippen LogP contribution in [0.15, 0.2) is 54.7 Å². The summed E-state index contributed by atoms with van der Waals surface area (Å²) in [5.74, 6) is -0.0211. The van der Waals surface area contributed by atoms with E-state index in [1.807, 2.05) is 35.4 Å². The van der Waals surface area contributed by atoms with E-state index in [9.17, 15) is 9.18 Å². The Morgan fingerprint density at radius 1 is 1.13 bits per heavy atom. The summed E-state index contributed by atoms with van der Waals surface area (Å²) in [5.41, 5.74) is 3.44. The highest BCUT2D eigenvalue weighted by molar-refractivity contribution is 6.33. The Hall–Kier alpha value is -2.70. The molecule has 1 amide bonds. The molecule has 0 bridgehead atoms. The highest BCUT2D eigenvalue weighted by Crippen LogP contribution is 2.30. The molecule has 5 nitrogen and oxygen atoms in total. The van der Waals surface area contributed by atoms with Gasteiger partial charge in [0.05, 0.1) is 16.4 Å². The van der Waals surface area contributed by atoms with E-state index in [4.69, 9.17) is 16.7 Å². The Bertz CT molecular complexity index is 1020. The summed E-state index contributed by atoms with van der Waals surface area (Å²) >= 11 is 6.42. The predicted octanol–water partition coefficient (Wildman–Crippen LogP) is 4.43. The highest BCUT2D eigenvalue weighted by atomic mass is 35.5. The molecule has 0 spiro atoms. The minimum Gasteiger partial charge on any atom is -0.343 e. The fourth-order valence-electron chi connectivity index (χ4n) is 3.70. The van der Waals surface area contributed by atoms with E-state index in [0.717, 1.165) is 55.0 Å². The monoisotopic (exact) mass is 426 g/mol. The Labute approximate surface area is 180 Å². The van der Waals surface area contributed by atoms with Gasteiger partial charge in [-0.3, -0.25) is 4.79 Å². The van der Waals surface area contributed by atoms with Crippen molar-refractivity contribution in [2.45, 2.75) is 25.8 Å². The largest absolute Gasteiger partial charge is 0.343 e. The molecule has 1 saturated heterocycles. The van der Waals surface area contributed by atoms with Crippen LogP contribution < -0.4 is 5.32 Å². The molecule has 0 saturated carbocycles. The number of rotatable bonds is 8. The molecule has 0 atom stereocenters. The Kier molecular flexibility index (Phi) is 6.45. The van der Waals surface area contributed by atoms with Gasteiger partial charge in [-0.15, -0.1) is 0 Å². The summed E-state index contributed by atoms with van der Waals surface area (Å²) in [6.45, 7) is 3.08. The molecule has 0 radical (unpaired) electrons. The second-order valence-corrected chi connectivity index (χ2v) is 7.83. The molecule has 7 heteroatoms. The highest BCUT2D eigenvalue weighted by Gasteiger charge is 2.19. The number of likely N-dealkylation sites (tertiary alicyclic amines) is 1. The van der Waals surface area contributed by atoms with E-state index < -0.39 is 0 Å². The molecule has 1 aromatic heterocycles. The van der Waals surface area contributed by atoms with Crippen LogP contribution in [0.2, 0.25) is 5.02 Å². The minimum absolute atomic E-state index is 0.261. The molecule has 1 N–H and O–H groups in total. The maximum absolute atomic E-state index is 13.3. The van der Waals surface area contributed by atoms with Crippen LogP contribution in [0.5, 0.6) is 0 Å². The second kappa shape index (κ2) is 9.41. The summed E-state index contributed by atoms with van der Waals surface area (Å²) in [6, 6.07) is 13.8. The number of hydrogen-bond donors (Lipinski definition) is 1. The van der Waals surface area contributed by atoms with Gasteiger partial charge in [0.25, 0.3) is 0 Å². The van der Waals surface area contributed by atoms with E-state index in [1.165, 1.54) is 12.1 Å². The Morgan fingerprint density at radius 3 is 2.67 bits per heavy atom. The maximum Gasteiger partial charge on any atom is 0.222 e. The SMILES string of the molecule is O=C1CCCN1CCCNCc1cn(-c2ccc(F)cc2)nc1-c1ccccc1Cl. The lowest BCUT2D eigenvalue weighted by Gasteiger charge is -2.15. The van der Waals surface area contributed by atoms with Gasteiger partial charge in [-0.1, -0.05) is 29.8 Å². The van der Waals surface area contributed by atoms with Crippen molar-refractivity contribution in [3.8, 4) is 16.9 Å². The molecule has 4 rings (SSSR count). The number of halogens is 2. The van der Waals surface area contributed by atoms with Gasteiger partial charge < -0.3 is 10.2 Å². The van der Waals surface area contributed by atoms with Gasteiger partial charge in [0.15, 0.2) is 0 Å². The first-order chi connectivity index (χ1) is 14.6. The van der Waals surface area contributed by atoms with Crippen LogP contribution in [0.25, 0.3) is 16.9 Å². The number of amides is 1. The molecule has 30 heavy (non-hydrogen) atoms. The predicted molar refractivity (Wildman–Crippen MR) is 116 cm³/mol. The van der Waals surface area contributed by atoms with Crippen molar-refractivity contribution in [2.75, 3.05) is 19.6 Å². The van der Waals surface area contributed by atoms with Crippen molar-refractivity contribution in [1.82, 2.24) is 20.0 Å². The second-order valence-electron chi connectivity index (χ2n) is 7.42. The molecule has 2 heterocycles. The molecule has 1 aliphatic rings. The molecule has 156 valence electrons. The first-order valence-electron chi connectivity index (χ1n) is 10.2. The van der Waals surface area contributed by atoms with Crippen LogP contribution in [0.3, 0.4) is 0 Å². The van der Waals surface area contributed by atoms with Crippen LogP contribution in [0.4, 0.5) is 4.39 Å². The minimum atomic E-state index is -0.282. The summed E-state index contributed by atoms with van der Waals surface area (Å²) in [7, 11) is 0. The van der Waals surface area contributed by atoms with Crippen LogP contribution in [0.1, 0.15) is 24.8 Å². The fourth-order valence-corrected chi connectivity index (χ4v) is 3.93. The van der Waals surface area contributed by atoms with E-state index in [0.29, 0.717) is 18.0 Å². The standard InChI is InChI=1S/C23H24ClFN4O/c24-21-6-2-1-5-20(21)23-17(15-26-12-4-14-28-13-3-7-22(28)30)16-29(27-23)19-10-8-18(25)9-11-19/h1-2,5-6,8-11,16,26H,3-4,7,12-15H2. The molecule has 0 unspecified atom stereocenters. The Balaban J connectivity index is 1.48. The van der Waals surface area contributed by atoms with Crippen molar-refractivity contribution in [2.24, 2.45) is 0 Å². The number of carbonyl (C=O) groups is 1. The lowest BCUT2D eigenvalue weighted by Crippen LogP contribution is -2.28. The normalized spacial score (nSPS) is 13.9. The average Bonchev–Trinajstić information content (AvgIpc) is 3.35. The summed E-state index contributed by atoms with van der Waals surface area (Å²) in [4.78, 5) is 13.6. The van der Waals surface area contributed by atoms with E-state index in [-0.39, 0.29) is 11.7 Å². The summed E-state index contributed by atoms with van der Waals surface area (Å²) in [5, 5.41) is 8.81. The zero-order chi connectivity index (χ0) is 20.9. The average molecular weight is 427 g/mol. The number of aromatic nitrogens is 2. The van der Waals surface area contributed by atoms with E-state index in [2.05, 4.69) is 5.32 Å². The van der Waals surface area contributed by atoms with Crippen LogP contribution in [-0.2, 0) is 11.3 Å². The van der Waals surface area contributed by atoms with Crippen LogP contribution >= 0.6 is 11.6 Å². The van der Waals surface area contributed by atoms with Gasteiger partial charge in [0.2, 0.25) is 5.91 Å². The fraction of sp³-hybridized carbons (Fsp3) is 0.304. The topological polar surface area (TPSA) is 50.2 Å². The van der Waals surface area contributed by atoms with Gasteiger partial charge in [-0.2, -0.15) is 5.10 Å². The number of benzene rings is 2. The third-order valence-electron chi connectivity index (χ3n) is 5.28. The quantitative estimate of drug-likeness (QED) is 0.542. The first-order valence-corrected chi connectivity index (χ1v) is 10.6. The first kappa shape index (κ1) is 20.6. The molecule has 3 aromatic rings. The van der Waals surface area contributed by atoms with Crippen molar-refractivity contribution in [3.05, 3.63) is 71.1 Å². The molecule has 0 aliphatic carbocycles. The summed E-state index contributed by atoms with van der Waals surface area (Å²) < 4.78 is 15.0. The molecular formula is C23H24ClFN4O. The maximum atomic E-state index is 13.3. The van der Waals surface area contributed by atoms with Crippen LogP contribution in [-0.4, -0.2) is 40.2 Å². The van der Waals surface area contributed by atoms with Crippen LogP contribution in [0, 0.1) is 5.82 Å². The number of nitrogens with one attached hydrogen (secondary N) is 1. The van der Waals surface area contributed by atoms with Crippen molar-refractivity contribution >= 4 is 17.5 Å². The lowest BCUT2D eigenvalue weighted by atomic mass is 10.1. The zero-order valence-corrected chi connectivity index (χ0v) is 17.4. The van der Waals surface area contributed by atoms with Crippen molar-refractivity contribution in [1.29, 1.82) is 0 Å². The third-order valence-corrected chi connectivity index (χ3v) is 5.61. The third kappa shape index (κ3) is 4.71. The van der Waals surface area contributed by atoms with Gasteiger partial charge in [0.1, 0.15) is 5.82 Å². The number of hydrogen-bond acceptors (Lipinski definition) is 3. The smallest absolute Gasteiger partial charge is 0.222 e. The van der Waals surface area contributed by atoms with Gasteiger partial charge in [-0.25, -0.2) is 9.07 Å². The van der Waals surface area contributed by atoms with E-state index in [1.54, 1.807) is 16.8 Å². The molecule has 1 aliphatic heterocycles. The van der Waals surface area contributed by atoms with Crippen molar-refractivity contribution in [3.63, 3.8) is 0 Å². The molecule has 2 aromatic carbocycles. The zero-order valence-electron chi connectivity index (χ0n) is 16.7. The number of carbonyl (C=O) groups excluding carboxylic acids is 1. The van der Waals surface area contributed by atoms with Gasteiger partial charge in [-0.05, 0) is 49.7 Å². The molecule has 1 fully saturated rings. The number of nitrogens with zero attached hydrogens (tertiary/aromatic N) is 3. The van der Waals surface area contributed by atoms with Gasteiger partial charge >= 0.3 is 0 Å². The Morgan fingerprint density at radius 2 is 1.93 bits per heavy atom.